The number of anilines is 2. The van der Waals surface area contributed by atoms with E-state index in [1.165, 1.54) is 22.5 Å². The van der Waals surface area contributed by atoms with Gasteiger partial charge in [0.05, 0.1) is 27.2 Å². The largest absolute Gasteiger partial charge is 0.482 e. The number of piperidine rings is 1. The molecule has 2 aromatic rings. The summed E-state index contributed by atoms with van der Waals surface area (Å²) in [4.78, 5) is 24.4. The van der Waals surface area contributed by atoms with Crippen LogP contribution in [0.15, 0.2) is 41.3 Å². The second kappa shape index (κ2) is 8.49. The quantitative estimate of drug-likeness (QED) is 0.725. The maximum atomic E-state index is 13.2. The van der Waals surface area contributed by atoms with E-state index in [0.717, 1.165) is 5.56 Å². The van der Waals surface area contributed by atoms with Crippen molar-refractivity contribution < 1.29 is 22.7 Å². The average Bonchev–Trinajstić information content (AvgIpc) is 2.75. The lowest BCUT2D eigenvalue weighted by atomic mass is 9.98. The van der Waals surface area contributed by atoms with Crippen molar-refractivity contribution >= 4 is 44.8 Å². The lowest BCUT2D eigenvalue weighted by Gasteiger charge is -2.31. The fourth-order valence-electron chi connectivity index (χ4n) is 3.70. The van der Waals surface area contributed by atoms with Crippen LogP contribution in [0.1, 0.15) is 18.4 Å². The molecule has 2 aliphatic heterocycles. The van der Waals surface area contributed by atoms with Crippen LogP contribution in [-0.4, -0.2) is 44.2 Å². The highest BCUT2D eigenvalue weighted by molar-refractivity contribution is 7.89. The van der Waals surface area contributed by atoms with Crippen LogP contribution in [0, 0.1) is 12.8 Å². The normalized spacial score (nSPS) is 19.2. The lowest BCUT2D eigenvalue weighted by Crippen LogP contribution is -2.43. The number of sulfonamides is 1. The highest BCUT2D eigenvalue weighted by Crippen LogP contribution is 2.33. The molecule has 4 rings (SSSR count). The van der Waals surface area contributed by atoms with Crippen LogP contribution in [0.2, 0.25) is 5.02 Å². The molecule has 1 saturated heterocycles. The molecule has 0 unspecified atom stereocenters. The SMILES string of the molecule is Cc1ccc(NC(=O)[C@@H]2CCCN(S(=O)(=O)c3ccc4c(c3)NC(=O)CO4)C2)c(Cl)c1. The standard InChI is InChI=1S/C21H22ClN3O5S/c1-13-4-6-17(16(22)9-13)24-21(27)14-3-2-8-25(11-14)31(28,29)15-5-7-19-18(10-15)23-20(26)12-30-19/h4-7,9-10,14H,2-3,8,11-12H2,1H3,(H,23,26)(H,24,27)/t14-/m1/s1. The highest BCUT2D eigenvalue weighted by atomic mass is 35.5. The predicted molar refractivity (Wildman–Crippen MR) is 117 cm³/mol. The molecule has 0 aromatic heterocycles. The number of amides is 2. The Bertz CT molecular complexity index is 1150. The summed E-state index contributed by atoms with van der Waals surface area (Å²) in [5.41, 5.74) is 1.80. The van der Waals surface area contributed by atoms with E-state index in [2.05, 4.69) is 10.6 Å². The third kappa shape index (κ3) is 4.53. The van der Waals surface area contributed by atoms with Gasteiger partial charge < -0.3 is 15.4 Å². The number of carbonyl (C=O) groups is 2. The second-order valence-corrected chi connectivity index (χ2v) is 10.0. The molecule has 10 heteroatoms. The van der Waals surface area contributed by atoms with Gasteiger partial charge in [-0.1, -0.05) is 17.7 Å². The number of aryl methyl sites for hydroxylation is 1. The van der Waals surface area contributed by atoms with Gasteiger partial charge in [0, 0.05) is 13.1 Å². The van der Waals surface area contributed by atoms with Gasteiger partial charge in [0.25, 0.3) is 5.91 Å². The maximum Gasteiger partial charge on any atom is 0.262 e. The van der Waals surface area contributed by atoms with Crippen molar-refractivity contribution in [2.24, 2.45) is 5.92 Å². The Morgan fingerprint density at radius 3 is 2.84 bits per heavy atom. The molecule has 1 atom stereocenters. The smallest absolute Gasteiger partial charge is 0.262 e. The molecule has 2 aliphatic rings. The molecule has 8 nitrogen and oxygen atoms in total. The van der Waals surface area contributed by atoms with Crippen molar-refractivity contribution in [3.8, 4) is 5.75 Å². The fraction of sp³-hybridized carbons (Fsp3) is 0.333. The first kappa shape index (κ1) is 21.6. The number of ether oxygens (including phenoxy) is 1. The molecule has 0 saturated carbocycles. The van der Waals surface area contributed by atoms with Crippen LogP contribution in [0.4, 0.5) is 11.4 Å². The Kier molecular flexibility index (Phi) is 5.92. The zero-order valence-electron chi connectivity index (χ0n) is 16.9. The van der Waals surface area contributed by atoms with Gasteiger partial charge in [0.15, 0.2) is 6.61 Å². The van der Waals surface area contributed by atoms with Gasteiger partial charge in [-0.05, 0) is 55.7 Å². The summed E-state index contributed by atoms with van der Waals surface area (Å²) in [7, 11) is -3.85. The molecule has 2 amide bonds. The van der Waals surface area contributed by atoms with Crippen molar-refractivity contribution in [1.82, 2.24) is 4.31 Å². The second-order valence-electron chi connectivity index (χ2n) is 7.67. The monoisotopic (exact) mass is 463 g/mol. The summed E-state index contributed by atoms with van der Waals surface area (Å²) in [5, 5.41) is 5.86. The summed E-state index contributed by atoms with van der Waals surface area (Å²) in [6.45, 7) is 2.18. The Morgan fingerprint density at radius 1 is 1.26 bits per heavy atom. The van der Waals surface area contributed by atoms with Crippen LogP contribution in [0.3, 0.4) is 0 Å². The maximum absolute atomic E-state index is 13.2. The van der Waals surface area contributed by atoms with E-state index in [-0.39, 0.29) is 29.9 Å². The van der Waals surface area contributed by atoms with Gasteiger partial charge in [-0.3, -0.25) is 9.59 Å². The first-order chi connectivity index (χ1) is 14.7. The Hall–Kier alpha value is -2.62. The lowest BCUT2D eigenvalue weighted by molar-refractivity contribution is -0.121. The summed E-state index contributed by atoms with van der Waals surface area (Å²) < 4.78 is 33.0. The summed E-state index contributed by atoms with van der Waals surface area (Å²) >= 11 is 6.20. The number of benzene rings is 2. The molecular weight excluding hydrogens is 442 g/mol. The zero-order valence-corrected chi connectivity index (χ0v) is 18.4. The molecule has 0 bridgehead atoms. The molecule has 0 aliphatic carbocycles. The Balaban J connectivity index is 1.50. The van der Waals surface area contributed by atoms with E-state index in [1.54, 1.807) is 12.1 Å². The average molecular weight is 464 g/mol. The molecule has 2 aromatic carbocycles. The van der Waals surface area contributed by atoms with E-state index in [0.29, 0.717) is 41.5 Å². The van der Waals surface area contributed by atoms with Crippen molar-refractivity contribution in [2.75, 3.05) is 30.3 Å². The molecule has 1 fully saturated rings. The topological polar surface area (TPSA) is 105 Å². The summed E-state index contributed by atoms with van der Waals surface area (Å²) in [6, 6.07) is 9.69. The third-order valence-electron chi connectivity index (χ3n) is 5.36. The fourth-order valence-corrected chi connectivity index (χ4v) is 5.54. The molecule has 31 heavy (non-hydrogen) atoms. The van der Waals surface area contributed by atoms with Crippen molar-refractivity contribution in [3.05, 3.63) is 47.0 Å². The van der Waals surface area contributed by atoms with Crippen LogP contribution >= 0.6 is 11.6 Å². The Labute approximate surface area is 185 Å². The molecule has 0 radical (unpaired) electrons. The predicted octanol–water partition coefficient (Wildman–Crippen LogP) is 3.02. The van der Waals surface area contributed by atoms with Crippen molar-refractivity contribution in [2.45, 2.75) is 24.7 Å². The van der Waals surface area contributed by atoms with Gasteiger partial charge >= 0.3 is 0 Å². The van der Waals surface area contributed by atoms with E-state index in [9.17, 15) is 18.0 Å². The molecule has 0 spiro atoms. The van der Waals surface area contributed by atoms with Gasteiger partial charge in [-0.2, -0.15) is 4.31 Å². The first-order valence-corrected chi connectivity index (χ1v) is 11.7. The summed E-state index contributed by atoms with van der Waals surface area (Å²) in [5.74, 6) is -0.686. The van der Waals surface area contributed by atoms with Crippen molar-refractivity contribution in [1.29, 1.82) is 0 Å². The minimum absolute atomic E-state index is 0.0414. The molecule has 164 valence electrons. The number of fused-ring (bicyclic) bond motifs is 1. The molecule has 2 N–H and O–H groups in total. The molecule has 2 heterocycles. The van der Waals surface area contributed by atoms with Gasteiger partial charge in [0.1, 0.15) is 5.75 Å². The van der Waals surface area contributed by atoms with Crippen LogP contribution in [-0.2, 0) is 19.6 Å². The van der Waals surface area contributed by atoms with E-state index in [1.807, 2.05) is 13.0 Å². The summed E-state index contributed by atoms with van der Waals surface area (Å²) in [6.07, 6.45) is 1.14. The number of nitrogens with zero attached hydrogens (tertiary/aromatic N) is 1. The zero-order chi connectivity index (χ0) is 22.2. The van der Waals surface area contributed by atoms with Gasteiger partial charge in [-0.25, -0.2) is 8.42 Å². The van der Waals surface area contributed by atoms with Crippen LogP contribution in [0.5, 0.6) is 5.75 Å². The van der Waals surface area contributed by atoms with Crippen molar-refractivity contribution in [3.63, 3.8) is 0 Å². The van der Waals surface area contributed by atoms with E-state index < -0.39 is 15.9 Å². The Morgan fingerprint density at radius 2 is 2.06 bits per heavy atom. The minimum atomic E-state index is -3.85. The number of halogens is 1. The number of hydrogen-bond donors (Lipinski definition) is 2. The van der Waals surface area contributed by atoms with Crippen LogP contribution in [0.25, 0.3) is 0 Å². The minimum Gasteiger partial charge on any atom is -0.482 e. The molecular formula is C21H22ClN3O5S. The van der Waals surface area contributed by atoms with Crippen LogP contribution < -0.4 is 15.4 Å². The number of hydrogen-bond acceptors (Lipinski definition) is 5. The van der Waals surface area contributed by atoms with Gasteiger partial charge in [0.2, 0.25) is 15.9 Å². The number of rotatable bonds is 4. The van der Waals surface area contributed by atoms with E-state index in [4.69, 9.17) is 16.3 Å². The number of nitrogens with one attached hydrogen (secondary N) is 2. The number of carbonyl (C=O) groups excluding carboxylic acids is 2. The highest BCUT2D eigenvalue weighted by Gasteiger charge is 2.34. The first-order valence-electron chi connectivity index (χ1n) is 9.88. The van der Waals surface area contributed by atoms with Gasteiger partial charge in [-0.15, -0.1) is 0 Å². The van der Waals surface area contributed by atoms with E-state index >= 15 is 0 Å². The third-order valence-corrected chi connectivity index (χ3v) is 7.53.